The second kappa shape index (κ2) is 5.28. The van der Waals surface area contributed by atoms with Crippen molar-refractivity contribution in [3.8, 4) is 0 Å². The van der Waals surface area contributed by atoms with E-state index in [1.165, 1.54) is 25.0 Å². The third-order valence-corrected chi connectivity index (χ3v) is 4.90. The van der Waals surface area contributed by atoms with Gasteiger partial charge < -0.3 is 5.73 Å². The van der Waals surface area contributed by atoms with Gasteiger partial charge in [-0.25, -0.2) is 0 Å². The molecule has 0 aromatic carbocycles. The van der Waals surface area contributed by atoms with E-state index in [0.717, 1.165) is 18.0 Å². The lowest BCUT2D eigenvalue weighted by molar-refractivity contribution is 0.111. The molecule has 1 aromatic rings. The van der Waals surface area contributed by atoms with Crippen LogP contribution in [0.4, 0.5) is 0 Å². The lowest BCUT2D eigenvalue weighted by Gasteiger charge is -2.42. The zero-order valence-electron chi connectivity index (χ0n) is 13.1. The molecule has 3 unspecified atom stereocenters. The van der Waals surface area contributed by atoms with Gasteiger partial charge in [0.25, 0.3) is 0 Å². The maximum Gasteiger partial charge on any atom is 0.0596 e. The molecule has 108 valence electrons. The monoisotopic (exact) mass is 263 g/mol. The number of aryl methyl sites for hydroxylation is 2. The summed E-state index contributed by atoms with van der Waals surface area (Å²) in [5.41, 5.74) is 9.11. The lowest BCUT2D eigenvalue weighted by atomic mass is 9.65. The molecule has 2 N–H and O–H groups in total. The molecule has 3 heteroatoms. The van der Waals surface area contributed by atoms with E-state index in [1.807, 2.05) is 11.7 Å². The summed E-state index contributed by atoms with van der Waals surface area (Å²) >= 11 is 0. The molecule has 0 aliphatic heterocycles. The van der Waals surface area contributed by atoms with Crippen LogP contribution in [0.3, 0.4) is 0 Å². The van der Waals surface area contributed by atoms with Gasteiger partial charge in [0.05, 0.1) is 5.69 Å². The summed E-state index contributed by atoms with van der Waals surface area (Å²) in [5, 5.41) is 4.46. The standard InChI is InChI=1S/C16H29N3/c1-11-6-7-14(15(17)8-11)16(3,4)10-13-9-12(2)18-19(13)5/h9,11,14-15H,6-8,10,17H2,1-5H3. The lowest BCUT2D eigenvalue weighted by Crippen LogP contribution is -2.44. The Morgan fingerprint density at radius 3 is 2.63 bits per heavy atom. The van der Waals surface area contributed by atoms with Gasteiger partial charge in [-0.3, -0.25) is 4.68 Å². The Bertz CT molecular complexity index is 433. The Morgan fingerprint density at radius 2 is 2.11 bits per heavy atom. The number of aromatic nitrogens is 2. The number of nitrogens with two attached hydrogens (primary N) is 1. The Hall–Kier alpha value is -0.830. The average Bonchev–Trinajstić information content (AvgIpc) is 2.55. The fourth-order valence-corrected chi connectivity index (χ4v) is 3.82. The minimum atomic E-state index is 0.250. The predicted molar refractivity (Wildman–Crippen MR) is 79.9 cm³/mol. The van der Waals surface area contributed by atoms with E-state index in [4.69, 9.17) is 5.73 Å². The first-order valence-electron chi connectivity index (χ1n) is 7.54. The highest BCUT2D eigenvalue weighted by Gasteiger charge is 2.37. The van der Waals surface area contributed by atoms with Gasteiger partial charge in [-0.15, -0.1) is 0 Å². The molecule has 0 saturated heterocycles. The van der Waals surface area contributed by atoms with Crippen molar-refractivity contribution in [3.63, 3.8) is 0 Å². The van der Waals surface area contributed by atoms with Crippen molar-refractivity contribution in [1.29, 1.82) is 0 Å². The SMILES string of the molecule is Cc1cc(CC(C)(C)C2CCC(C)CC2N)n(C)n1. The first-order chi connectivity index (χ1) is 8.79. The van der Waals surface area contributed by atoms with Crippen molar-refractivity contribution in [2.75, 3.05) is 0 Å². The zero-order valence-corrected chi connectivity index (χ0v) is 13.1. The highest BCUT2D eigenvalue weighted by Crippen LogP contribution is 2.41. The molecule has 3 atom stereocenters. The molecule has 19 heavy (non-hydrogen) atoms. The normalized spacial score (nSPS) is 28.6. The molecular weight excluding hydrogens is 234 g/mol. The van der Waals surface area contributed by atoms with Crippen LogP contribution in [0.5, 0.6) is 0 Å². The second-order valence-corrected chi connectivity index (χ2v) is 7.25. The summed E-state index contributed by atoms with van der Waals surface area (Å²) in [7, 11) is 2.04. The van der Waals surface area contributed by atoms with E-state index in [2.05, 4.69) is 38.9 Å². The molecule has 0 spiro atoms. The Morgan fingerprint density at radius 1 is 1.42 bits per heavy atom. The highest BCUT2D eigenvalue weighted by atomic mass is 15.3. The predicted octanol–water partition coefficient (Wildman–Crippen LogP) is 3.06. The van der Waals surface area contributed by atoms with Gasteiger partial charge in [0.15, 0.2) is 0 Å². The summed E-state index contributed by atoms with van der Waals surface area (Å²) in [5.74, 6) is 1.42. The minimum Gasteiger partial charge on any atom is -0.327 e. The number of rotatable bonds is 3. The molecule has 3 nitrogen and oxygen atoms in total. The molecule has 1 aliphatic carbocycles. The molecule has 1 saturated carbocycles. The molecule has 1 aliphatic rings. The van der Waals surface area contributed by atoms with Crippen LogP contribution in [0.1, 0.15) is 51.4 Å². The smallest absolute Gasteiger partial charge is 0.0596 e. The van der Waals surface area contributed by atoms with Gasteiger partial charge in [0.2, 0.25) is 0 Å². The fourth-order valence-electron chi connectivity index (χ4n) is 3.82. The largest absolute Gasteiger partial charge is 0.327 e. The van der Waals surface area contributed by atoms with Gasteiger partial charge in [0.1, 0.15) is 0 Å². The van der Waals surface area contributed by atoms with Crippen molar-refractivity contribution in [2.24, 2.45) is 30.0 Å². The van der Waals surface area contributed by atoms with Crippen LogP contribution in [0.2, 0.25) is 0 Å². The van der Waals surface area contributed by atoms with E-state index < -0.39 is 0 Å². The van der Waals surface area contributed by atoms with Gasteiger partial charge in [0, 0.05) is 18.8 Å². The minimum absolute atomic E-state index is 0.250. The van der Waals surface area contributed by atoms with Crippen LogP contribution >= 0.6 is 0 Å². The topological polar surface area (TPSA) is 43.8 Å². The maximum absolute atomic E-state index is 6.43. The van der Waals surface area contributed by atoms with Gasteiger partial charge in [-0.2, -0.15) is 5.10 Å². The quantitative estimate of drug-likeness (QED) is 0.911. The van der Waals surface area contributed by atoms with Crippen molar-refractivity contribution in [1.82, 2.24) is 9.78 Å². The molecule has 1 heterocycles. The third-order valence-electron chi connectivity index (χ3n) is 4.90. The number of hydrogen-bond acceptors (Lipinski definition) is 2. The van der Waals surface area contributed by atoms with Crippen LogP contribution < -0.4 is 5.73 Å². The zero-order chi connectivity index (χ0) is 14.2. The first-order valence-corrected chi connectivity index (χ1v) is 7.54. The van der Waals surface area contributed by atoms with Crippen molar-refractivity contribution in [3.05, 3.63) is 17.5 Å². The van der Waals surface area contributed by atoms with E-state index in [9.17, 15) is 0 Å². The fraction of sp³-hybridized carbons (Fsp3) is 0.812. The summed E-state index contributed by atoms with van der Waals surface area (Å²) in [6, 6.07) is 2.56. The molecule has 0 bridgehead atoms. The Balaban J connectivity index is 2.11. The first kappa shape index (κ1) is 14.6. The summed E-state index contributed by atoms with van der Waals surface area (Å²) < 4.78 is 2.02. The molecule has 2 rings (SSSR count). The van der Waals surface area contributed by atoms with Crippen LogP contribution in [-0.4, -0.2) is 15.8 Å². The van der Waals surface area contributed by atoms with E-state index in [1.54, 1.807) is 0 Å². The van der Waals surface area contributed by atoms with Crippen LogP contribution in [0, 0.1) is 24.2 Å². The van der Waals surface area contributed by atoms with E-state index in [-0.39, 0.29) is 5.41 Å². The van der Waals surface area contributed by atoms with Crippen molar-refractivity contribution >= 4 is 0 Å². The molecule has 0 radical (unpaired) electrons. The molecular formula is C16H29N3. The summed E-state index contributed by atoms with van der Waals surface area (Å²) in [6.07, 6.45) is 4.84. The van der Waals surface area contributed by atoms with Gasteiger partial charge in [-0.05, 0) is 49.5 Å². The van der Waals surface area contributed by atoms with Crippen LogP contribution in [0.15, 0.2) is 6.07 Å². The maximum atomic E-state index is 6.43. The van der Waals surface area contributed by atoms with E-state index >= 15 is 0 Å². The molecule has 1 fully saturated rings. The number of hydrogen-bond donors (Lipinski definition) is 1. The Kier molecular flexibility index (Phi) is 4.05. The Labute approximate surface area is 117 Å². The third kappa shape index (κ3) is 3.19. The van der Waals surface area contributed by atoms with Gasteiger partial charge >= 0.3 is 0 Å². The summed E-state index contributed by atoms with van der Waals surface area (Å²) in [4.78, 5) is 0. The second-order valence-electron chi connectivity index (χ2n) is 7.25. The average molecular weight is 263 g/mol. The highest BCUT2D eigenvalue weighted by molar-refractivity contribution is 5.11. The van der Waals surface area contributed by atoms with Crippen molar-refractivity contribution < 1.29 is 0 Å². The number of nitrogens with zero attached hydrogens (tertiary/aromatic N) is 2. The van der Waals surface area contributed by atoms with Crippen LogP contribution in [0.25, 0.3) is 0 Å². The van der Waals surface area contributed by atoms with Crippen molar-refractivity contribution in [2.45, 2.75) is 59.4 Å². The van der Waals surface area contributed by atoms with Gasteiger partial charge in [-0.1, -0.05) is 27.2 Å². The van der Waals surface area contributed by atoms with Crippen LogP contribution in [-0.2, 0) is 13.5 Å². The summed E-state index contributed by atoms with van der Waals surface area (Å²) in [6.45, 7) is 9.13. The molecule has 0 amide bonds. The molecule has 1 aromatic heterocycles. The van der Waals surface area contributed by atoms with E-state index in [0.29, 0.717) is 12.0 Å².